The summed E-state index contributed by atoms with van der Waals surface area (Å²) < 4.78 is 5.11. The minimum absolute atomic E-state index is 0.158. The van der Waals surface area contributed by atoms with Crippen LogP contribution < -0.4 is 5.73 Å². The number of amides is 1. The van der Waals surface area contributed by atoms with E-state index >= 15 is 0 Å². The Balaban J connectivity index is 2.06. The van der Waals surface area contributed by atoms with E-state index in [0.29, 0.717) is 19.6 Å². The van der Waals surface area contributed by atoms with E-state index in [2.05, 4.69) is 26.0 Å². The molecule has 1 aliphatic rings. The van der Waals surface area contributed by atoms with Gasteiger partial charge >= 0.3 is 6.09 Å². The minimum Gasteiger partial charge on any atom is -0.443 e. The van der Waals surface area contributed by atoms with E-state index < -0.39 is 0 Å². The van der Waals surface area contributed by atoms with Crippen molar-refractivity contribution < 1.29 is 9.53 Å². The highest BCUT2D eigenvalue weighted by Crippen LogP contribution is 2.16. The molecule has 1 aromatic rings. The summed E-state index contributed by atoms with van der Waals surface area (Å²) in [7, 11) is 0. The van der Waals surface area contributed by atoms with Gasteiger partial charge in [-0.05, 0) is 30.5 Å². The Morgan fingerprint density at radius 3 is 2.76 bits per heavy atom. The van der Waals surface area contributed by atoms with Gasteiger partial charge in [0.15, 0.2) is 0 Å². The van der Waals surface area contributed by atoms with Gasteiger partial charge < -0.3 is 15.4 Å². The average molecular weight is 234 g/mol. The van der Waals surface area contributed by atoms with Gasteiger partial charge in [-0.2, -0.15) is 0 Å². The monoisotopic (exact) mass is 234 g/mol. The summed E-state index contributed by atoms with van der Waals surface area (Å²) in [6.45, 7) is 5.71. The zero-order valence-corrected chi connectivity index (χ0v) is 10.3. The topological polar surface area (TPSA) is 55.6 Å². The number of hydrogen-bond donors (Lipinski definition) is 1. The number of carbonyl (C=O) groups is 1. The van der Waals surface area contributed by atoms with E-state index in [1.807, 2.05) is 6.07 Å². The number of cyclic esters (lactones) is 1. The molecule has 1 atom stereocenters. The summed E-state index contributed by atoms with van der Waals surface area (Å²) in [4.78, 5) is 13.2. The number of benzene rings is 1. The van der Waals surface area contributed by atoms with E-state index in [1.54, 1.807) is 4.90 Å². The second-order valence-corrected chi connectivity index (χ2v) is 4.54. The summed E-state index contributed by atoms with van der Waals surface area (Å²) >= 11 is 0. The van der Waals surface area contributed by atoms with Crippen LogP contribution in [0.4, 0.5) is 4.79 Å². The summed E-state index contributed by atoms with van der Waals surface area (Å²) in [5.74, 6) is 0. The van der Waals surface area contributed by atoms with Crippen molar-refractivity contribution in [3.8, 4) is 0 Å². The maximum atomic E-state index is 11.5. The predicted molar refractivity (Wildman–Crippen MR) is 65.6 cm³/mol. The van der Waals surface area contributed by atoms with E-state index in [0.717, 1.165) is 5.56 Å². The molecule has 1 unspecified atom stereocenters. The molecule has 0 aliphatic carbocycles. The Bertz CT molecular complexity index is 431. The van der Waals surface area contributed by atoms with E-state index in [4.69, 9.17) is 10.5 Å². The fourth-order valence-corrected chi connectivity index (χ4v) is 1.95. The molecule has 2 rings (SSSR count). The summed E-state index contributed by atoms with van der Waals surface area (Å²) in [6, 6.07) is 6.23. The Morgan fingerprint density at radius 1 is 1.41 bits per heavy atom. The number of nitrogens with zero attached hydrogens (tertiary/aromatic N) is 1. The molecular weight excluding hydrogens is 216 g/mol. The van der Waals surface area contributed by atoms with Crippen molar-refractivity contribution in [2.24, 2.45) is 5.73 Å². The van der Waals surface area contributed by atoms with Gasteiger partial charge in [0.05, 0.1) is 6.54 Å². The van der Waals surface area contributed by atoms with Gasteiger partial charge in [0.25, 0.3) is 0 Å². The first-order valence-corrected chi connectivity index (χ1v) is 5.82. The van der Waals surface area contributed by atoms with Crippen LogP contribution in [0.15, 0.2) is 18.2 Å². The second-order valence-electron chi connectivity index (χ2n) is 4.54. The first-order valence-electron chi connectivity index (χ1n) is 5.82. The lowest BCUT2D eigenvalue weighted by molar-refractivity contribution is 0.134. The van der Waals surface area contributed by atoms with Crippen LogP contribution >= 0.6 is 0 Å². The number of aryl methyl sites for hydroxylation is 2. The van der Waals surface area contributed by atoms with E-state index in [-0.39, 0.29) is 12.2 Å². The molecule has 92 valence electrons. The molecule has 4 heteroatoms. The molecule has 0 spiro atoms. The van der Waals surface area contributed by atoms with Crippen LogP contribution in [-0.2, 0) is 11.3 Å². The first-order chi connectivity index (χ1) is 8.10. The third kappa shape index (κ3) is 2.58. The van der Waals surface area contributed by atoms with Gasteiger partial charge in [-0.3, -0.25) is 0 Å². The van der Waals surface area contributed by atoms with Crippen LogP contribution in [0.2, 0.25) is 0 Å². The van der Waals surface area contributed by atoms with E-state index in [9.17, 15) is 4.79 Å². The van der Waals surface area contributed by atoms with Crippen LogP contribution in [0, 0.1) is 13.8 Å². The van der Waals surface area contributed by atoms with Gasteiger partial charge in [0.2, 0.25) is 0 Å². The molecule has 1 saturated heterocycles. The smallest absolute Gasteiger partial charge is 0.410 e. The molecule has 0 saturated carbocycles. The first kappa shape index (κ1) is 11.9. The zero-order chi connectivity index (χ0) is 12.4. The average Bonchev–Trinajstić information content (AvgIpc) is 2.65. The van der Waals surface area contributed by atoms with E-state index in [1.165, 1.54) is 11.1 Å². The zero-order valence-electron chi connectivity index (χ0n) is 10.3. The van der Waals surface area contributed by atoms with Gasteiger partial charge in [0, 0.05) is 13.1 Å². The Hall–Kier alpha value is -1.55. The quantitative estimate of drug-likeness (QED) is 0.864. The number of carbonyl (C=O) groups excluding carboxylic acids is 1. The number of ether oxygens (including phenoxy) is 1. The Kier molecular flexibility index (Phi) is 3.33. The maximum absolute atomic E-state index is 11.5. The lowest BCUT2D eigenvalue weighted by Gasteiger charge is -2.13. The summed E-state index contributed by atoms with van der Waals surface area (Å²) in [5.41, 5.74) is 9.12. The molecule has 4 nitrogen and oxygen atoms in total. The Morgan fingerprint density at radius 2 is 2.18 bits per heavy atom. The highest BCUT2D eigenvalue weighted by Gasteiger charge is 2.29. The van der Waals surface area contributed by atoms with Crippen molar-refractivity contribution in [3.05, 3.63) is 34.9 Å². The highest BCUT2D eigenvalue weighted by molar-refractivity contribution is 5.70. The summed E-state index contributed by atoms with van der Waals surface area (Å²) in [6.07, 6.45) is -0.423. The van der Waals surface area contributed by atoms with Crippen molar-refractivity contribution in [1.82, 2.24) is 4.90 Å². The van der Waals surface area contributed by atoms with Gasteiger partial charge in [-0.15, -0.1) is 0 Å². The third-order valence-electron chi connectivity index (χ3n) is 3.16. The van der Waals surface area contributed by atoms with Crippen LogP contribution in [0.3, 0.4) is 0 Å². The van der Waals surface area contributed by atoms with Crippen molar-refractivity contribution >= 4 is 6.09 Å². The van der Waals surface area contributed by atoms with Crippen molar-refractivity contribution in [2.45, 2.75) is 26.5 Å². The molecule has 0 radical (unpaired) electrons. The highest BCUT2D eigenvalue weighted by atomic mass is 16.6. The predicted octanol–water partition coefficient (Wildman–Crippen LogP) is 1.58. The van der Waals surface area contributed by atoms with Gasteiger partial charge in [-0.1, -0.05) is 18.2 Å². The molecule has 1 fully saturated rings. The largest absolute Gasteiger partial charge is 0.443 e. The SMILES string of the molecule is Cc1ccc(CN2CC(CN)OC2=O)cc1C. The van der Waals surface area contributed by atoms with Crippen molar-refractivity contribution in [1.29, 1.82) is 0 Å². The van der Waals surface area contributed by atoms with Gasteiger partial charge in [0.1, 0.15) is 6.10 Å². The molecule has 1 heterocycles. The number of rotatable bonds is 3. The standard InChI is InChI=1S/C13H18N2O2/c1-9-3-4-11(5-10(9)2)7-15-8-12(6-14)17-13(15)16/h3-5,12H,6-8,14H2,1-2H3. The minimum atomic E-state index is -0.265. The van der Waals surface area contributed by atoms with Gasteiger partial charge in [-0.25, -0.2) is 4.79 Å². The molecule has 0 bridgehead atoms. The normalized spacial score (nSPS) is 19.6. The van der Waals surface area contributed by atoms with Crippen molar-refractivity contribution in [3.63, 3.8) is 0 Å². The molecule has 1 aliphatic heterocycles. The molecule has 1 aromatic carbocycles. The Labute approximate surface area is 101 Å². The number of hydrogen-bond acceptors (Lipinski definition) is 3. The fraction of sp³-hybridized carbons (Fsp3) is 0.462. The molecular formula is C13H18N2O2. The maximum Gasteiger partial charge on any atom is 0.410 e. The van der Waals surface area contributed by atoms with Crippen LogP contribution in [0.1, 0.15) is 16.7 Å². The summed E-state index contributed by atoms with van der Waals surface area (Å²) in [5, 5.41) is 0. The lowest BCUT2D eigenvalue weighted by atomic mass is 10.1. The molecule has 1 amide bonds. The van der Waals surface area contributed by atoms with Crippen LogP contribution in [0.25, 0.3) is 0 Å². The van der Waals surface area contributed by atoms with Crippen molar-refractivity contribution in [2.75, 3.05) is 13.1 Å². The fourth-order valence-electron chi connectivity index (χ4n) is 1.95. The van der Waals surface area contributed by atoms with Crippen LogP contribution in [0.5, 0.6) is 0 Å². The lowest BCUT2D eigenvalue weighted by Crippen LogP contribution is -2.27. The second kappa shape index (κ2) is 4.75. The van der Waals surface area contributed by atoms with Crippen LogP contribution in [-0.4, -0.2) is 30.2 Å². The molecule has 17 heavy (non-hydrogen) atoms. The molecule has 0 aromatic heterocycles. The number of nitrogens with two attached hydrogens (primary N) is 1. The molecule has 2 N–H and O–H groups in total. The third-order valence-corrected chi connectivity index (χ3v) is 3.16.